The van der Waals surface area contributed by atoms with Crippen molar-refractivity contribution in [3.8, 4) is 11.5 Å². The summed E-state index contributed by atoms with van der Waals surface area (Å²) in [7, 11) is 3.21. The number of hydrogen-bond acceptors (Lipinski definition) is 5. The molecule has 1 atom stereocenters. The zero-order valence-electron chi connectivity index (χ0n) is 11.4. The van der Waals surface area contributed by atoms with Gasteiger partial charge in [0.25, 0.3) is 0 Å². The van der Waals surface area contributed by atoms with Gasteiger partial charge in [-0.2, -0.15) is 0 Å². The highest BCUT2D eigenvalue weighted by Gasteiger charge is 2.29. The molecule has 0 radical (unpaired) electrons. The summed E-state index contributed by atoms with van der Waals surface area (Å²) in [5.74, 6) is 2.08. The van der Waals surface area contributed by atoms with E-state index in [0.717, 1.165) is 23.3 Å². The average Bonchev–Trinajstić information content (AvgIpc) is 2.45. The molecule has 19 heavy (non-hydrogen) atoms. The van der Waals surface area contributed by atoms with E-state index < -0.39 is 0 Å². The minimum atomic E-state index is -0.261. The van der Waals surface area contributed by atoms with Gasteiger partial charge in [-0.3, -0.25) is 4.79 Å². The highest BCUT2D eigenvalue weighted by molar-refractivity contribution is 8.00. The summed E-state index contributed by atoms with van der Waals surface area (Å²) in [6, 6.07) is 3.85. The van der Waals surface area contributed by atoms with E-state index in [1.54, 1.807) is 26.0 Å². The highest BCUT2D eigenvalue weighted by Crippen LogP contribution is 2.42. The molecule has 0 fully saturated rings. The second kappa shape index (κ2) is 6.19. The van der Waals surface area contributed by atoms with Crippen LogP contribution in [0.25, 0.3) is 0 Å². The van der Waals surface area contributed by atoms with Gasteiger partial charge in [0.15, 0.2) is 11.5 Å². The minimum Gasteiger partial charge on any atom is -0.493 e. The molecule has 4 nitrogen and oxygen atoms in total. The summed E-state index contributed by atoms with van der Waals surface area (Å²) < 4.78 is 15.7. The van der Waals surface area contributed by atoms with E-state index in [1.165, 1.54) is 0 Å². The number of methoxy groups -OCH3 is 2. The lowest BCUT2D eigenvalue weighted by Gasteiger charge is -2.25. The fraction of sp³-hybridized carbons (Fsp3) is 0.500. The lowest BCUT2D eigenvalue weighted by Crippen LogP contribution is -2.19. The van der Waals surface area contributed by atoms with Crippen LogP contribution >= 0.6 is 11.8 Å². The van der Waals surface area contributed by atoms with Crippen LogP contribution in [0.5, 0.6) is 11.5 Å². The Morgan fingerprint density at radius 1 is 1.32 bits per heavy atom. The Balaban J connectivity index is 2.40. The molecule has 5 heteroatoms. The number of hydrogen-bond donors (Lipinski definition) is 0. The van der Waals surface area contributed by atoms with Gasteiger partial charge in [0, 0.05) is 0 Å². The van der Waals surface area contributed by atoms with Crippen molar-refractivity contribution in [2.45, 2.75) is 18.6 Å². The average molecular weight is 282 g/mol. The van der Waals surface area contributed by atoms with Crippen molar-refractivity contribution in [3.63, 3.8) is 0 Å². The number of ether oxygens (including phenoxy) is 3. The third-order valence-corrected chi connectivity index (χ3v) is 4.30. The van der Waals surface area contributed by atoms with Crippen LogP contribution in [-0.2, 0) is 16.0 Å². The van der Waals surface area contributed by atoms with E-state index in [-0.39, 0.29) is 11.2 Å². The van der Waals surface area contributed by atoms with Crippen LogP contribution in [-0.4, -0.2) is 32.5 Å². The fourth-order valence-corrected chi connectivity index (χ4v) is 3.36. The molecule has 0 bridgehead atoms. The second-order valence-corrected chi connectivity index (χ2v) is 5.37. The molecule has 0 amide bonds. The van der Waals surface area contributed by atoms with Gasteiger partial charge < -0.3 is 14.2 Å². The van der Waals surface area contributed by atoms with Gasteiger partial charge in [-0.1, -0.05) is 0 Å². The van der Waals surface area contributed by atoms with Crippen molar-refractivity contribution in [1.29, 1.82) is 0 Å². The summed E-state index contributed by atoms with van der Waals surface area (Å²) in [5.41, 5.74) is 2.11. The molecule has 1 aromatic rings. The quantitative estimate of drug-likeness (QED) is 0.794. The van der Waals surface area contributed by atoms with Gasteiger partial charge in [-0.15, -0.1) is 11.8 Å². The molecule has 0 saturated heterocycles. The number of thioether (sulfide) groups is 1. The zero-order valence-corrected chi connectivity index (χ0v) is 12.2. The molecular formula is C14H18O4S. The van der Waals surface area contributed by atoms with Crippen LogP contribution in [0.4, 0.5) is 0 Å². The van der Waals surface area contributed by atoms with Gasteiger partial charge in [0.1, 0.15) is 5.25 Å². The highest BCUT2D eigenvalue weighted by atomic mass is 32.2. The number of esters is 1. The summed E-state index contributed by atoms with van der Waals surface area (Å²) in [5, 5.41) is -0.261. The van der Waals surface area contributed by atoms with Crippen molar-refractivity contribution >= 4 is 17.7 Å². The van der Waals surface area contributed by atoms with Crippen molar-refractivity contribution < 1.29 is 19.0 Å². The van der Waals surface area contributed by atoms with E-state index in [4.69, 9.17) is 14.2 Å². The van der Waals surface area contributed by atoms with Crippen molar-refractivity contribution in [3.05, 3.63) is 23.3 Å². The summed E-state index contributed by atoms with van der Waals surface area (Å²) >= 11 is 1.62. The smallest absolute Gasteiger partial charge is 0.323 e. The van der Waals surface area contributed by atoms with Crippen LogP contribution in [0, 0.1) is 0 Å². The molecule has 1 heterocycles. The largest absolute Gasteiger partial charge is 0.493 e. The lowest BCUT2D eigenvalue weighted by atomic mass is 10.0. The van der Waals surface area contributed by atoms with Crippen molar-refractivity contribution in [1.82, 2.24) is 0 Å². The third-order valence-electron chi connectivity index (χ3n) is 3.08. The molecule has 1 aliphatic heterocycles. The van der Waals surface area contributed by atoms with Gasteiger partial charge in [0.05, 0.1) is 20.8 Å². The van der Waals surface area contributed by atoms with Crippen LogP contribution < -0.4 is 9.47 Å². The van der Waals surface area contributed by atoms with E-state index in [9.17, 15) is 4.79 Å². The van der Waals surface area contributed by atoms with E-state index in [0.29, 0.717) is 18.1 Å². The first kappa shape index (κ1) is 14.1. The maximum Gasteiger partial charge on any atom is 0.323 e. The number of benzene rings is 1. The molecule has 1 unspecified atom stereocenters. The number of fused-ring (bicyclic) bond motifs is 1. The second-order valence-electron chi connectivity index (χ2n) is 4.16. The monoisotopic (exact) mass is 282 g/mol. The van der Waals surface area contributed by atoms with Gasteiger partial charge >= 0.3 is 5.97 Å². The molecule has 0 saturated carbocycles. The normalized spacial score (nSPS) is 17.5. The number of aryl methyl sites for hydroxylation is 1. The van der Waals surface area contributed by atoms with E-state index in [2.05, 4.69) is 0 Å². The lowest BCUT2D eigenvalue weighted by molar-refractivity contribution is -0.142. The van der Waals surface area contributed by atoms with Crippen LogP contribution in [0.3, 0.4) is 0 Å². The van der Waals surface area contributed by atoms with Gasteiger partial charge in [-0.05, 0) is 42.4 Å². The first-order valence-corrected chi connectivity index (χ1v) is 7.29. The molecule has 0 spiro atoms. The molecule has 1 aliphatic rings. The topological polar surface area (TPSA) is 44.8 Å². The van der Waals surface area contributed by atoms with Crippen LogP contribution in [0.15, 0.2) is 12.1 Å². The Kier molecular flexibility index (Phi) is 4.58. The summed E-state index contributed by atoms with van der Waals surface area (Å²) in [4.78, 5) is 12.0. The molecule has 0 N–H and O–H groups in total. The molecule has 104 valence electrons. The van der Waals surface area contributed by atoms with E-state index in [1.807, 2.05) is 19.1 Å². The summed E-state index contributed by atoms with van der Waals surface area (Å²) in [6.45, 7) is 2.22. The Morgan fingerprint density at radius 3 is 2.63 bits per heavy atom. The van der Waals surface area contributed by atoms with Gasteiger partial charge in [-0.25, -0.2) is 0 Å². The Hall–Kier alpha value is -1.36. The Bertz CT molecular complexity index is 473. The maximum absolute atomic E-state index is 12.0. The van der Waals surface area contributed by atoms with E-state index >= 15 is 0 Å². The first-order chi connectivity index (χ1) is 9.21. The zero-order chi connectivity index (χ0) is 13.8. The number of rotatable bonds is 4. The van der Waals surface area contributed by atoms with Crippen LogP contribution in [0.1, 0.15) is 23.3 Å². The molecule has 0 aliphatic carbocycles. The van der Waals surface area contributed by atoms with Crippen molar-refractivity contribution in [2.75, 3.05) is 26.6 Å². The Labute approximate surface area is 117 Å². The Morgan fingerprint density at radius 2 is 2.00 bits per heavy atom. The first-order valence-electron chi connectivity index (χ1n) is 6.24. The number of carbonyl (C=O) groups excluding carboxylic acids is 1. The molecular weight excluding hydrogens is 264 g/mol. The number of carbonyl (C=O) groups is 1. The standard InChI is InChI=1S/C14H18O4S/c1-4-18-14(15)13-10-8-12(17-3)11(16-2)7-9(10)5-6-19-13/h7-8,13H,4-6H2,1-3H3. The molecule has 2 rings (SSSR count). The fourth-order valence-electron chi connectivity index (χ4n) is 2.19. The SMILES string of the molecule is CCOC(=O)C1SCCc2cc(OC)c(OC)cc21. The maximum atomic E-state index is 12.0. The molecule has 1 aromatic carbocycles. The predicted molar refractivity (Wildman–Crippen MR) is 75.1 cm³/mol. The predicted octanol–water partition coefficient (Wildman–Crippen LogP) is 2.60. The third kappa shape index (κ3) is 2.81. The minimum absolute atomic E-state index is 0.180. The van der Waals surface area contributed by atoms with Gasteiger partial charge in [0.2, 0.25) is 0 Å². The summed E-state index contributed by atoms with van der Waals surface area (Å²) in [6.07, 6.45) is 0.927. The molecule has 0 aromatic heterocycles. The van der Waals surface area contributed by atoms with Crippen LogP contribution in [0.2, 0.25) is 0 Å². The van der Waals surface area contributed by atoms with Crippen molar-refractivity contribution in [2.24, 2.45) is 0 Å².